The van der Waals surface area contributed by atoms with Gasteiger partial charge >= 0.3 is 0 Å². The largest absolute Gasteiger partial charge is 0.0917 e. The summed E-state index contributed by atoms with van der Waals surface area (Å²) in [6.45, 7) is 4.37. The Labute approximate surface area is 126 Å². The molecule has 0 radical (unpaired) electrons. The Morgan fingerprint density at radius 2 is 1.30 bits per heavy atom. The molecule has 20 heavy (non-hydrogen) atoms. The van der Waals surface area contributed by atoms with Gasteiger partial charge in [0.15, 0.2) is 0 Å². The molecular weight excluding hydrogens is 240 g/mol. The van der Waals surface area contributed by atoms with Gasteiger partial charge in [-0.25, -0.2) is 0 Å². The number of hydrogen-bond donors (Lipinski definition) is 0. The van der Waals surface area contributed by atoms with Crippen LogP contribution in [0.1, 0.15) is 76.3 Å². The van der Waals surface area contributed by atoms with Crippen LogP contribution in [0.2, 0.25) is 0 Å². The van der Waals surface area contributed by atoms with Gasteiger partial charge in [0.2, 0.25) is 0 Å². The van der Waals surface area contributed by atoms with E-state index in [4.69, 9.17) is 0 Å². The maximum atomic E-state index is 2.32. The van der Waals surface area contributed by atoms with E-state index in [1.54, 1.807) is 0 Å². The number of hydrogen-bond acceptors (Lipinski definition) is 0. The number of rotatable bonds is 11. The molecule has 0 heterocycles. The van der Waals surface area contributed by atoms with E-state index in [1.165, 1.54) is 68.9 Å². The summed E-state index contributed by atoms with van der Waals surface area (Å²) >= 11 is 0. The van der Waals surface area contributed by atoms with Gasteiger partial charge in [0, 0.05) is 0 Å². The highest BCUT2D eigenvalue weighted by Gasteiger charge is 1.96. The Bertz CT molecular complexity index is 345. The molecule has 0 aliphatic heterocycles. The fourth-order valence-electron chi connectivity index (χ4n) is 2.58. The molecule has 0 bridgehead atoms. The van der Waals surface area contributed by atoms with Crippen LogP contribution in [0, 0.1) is 0 Å². The van der Waals surface area contributed by atoms with Gasteiger partial charge in [0.1, 0.15) is 0 Å². The summed E-state index contributed by atoms with van der Waals surface area (Å²) in [6, 6.07) is 9.25. The first-order valence-corrected chi connectivity index (χ1v) is 8.55. The highest BCUT2D eigenvalue weighted by molar-refractivity contribution is 5.23. The van der Waals surface area contributed by atoms with Gasteiger partial charge in [0.25, 0.3) is 0 Å². The van der Waals surface area contributed by atoms with E-state index in [1.807, 2.05) is 0 Å². The van der Waals surface area contributed by atoms with E-state index in [-0.39, 0.29) is 0 Å². The van der Waals surface area contributed by atoms with E-state index in [0.717, 1.165) is 6.42 Å². The molecular formula is C20H32. The lowest BCUT2D eigenvalue weighted by atomic mass is 10.0. The van der Waals surface area contributed by atoms with Crippen LogP contribution in [-0.4, -0.2) is 0 Å². The number of unbranched alkanes of at least 4 members (excludes halogenated alkanes) is 6. The molecule has 0 spiro atoms. The molecule has 0 aliphatic rings. The maximum absolute atomic E-state index is 2.32. The van der Waals surface area contributed by atoms with E-state index in [2.05, 4.69) is 50.3 Å². The molecule has 1 aromatic carbocycles. The van der Waals surface area contributed by atoms with Crippen LogP contribution in [0.15, 0.2) is 36.4 Å². The maximum Gasteiger partial charge on any atom is -0.0244 e. The molecule has 0 aliphatic carbocycles. The predicted molar refractivity (Wildman–Crippen MR) is 91.3 cm³/mol. The van der Waals surface area contributed by atoms with Gasteiger partial charge in [-0.15, -0.1) is 0 Å². The Balaban J connectivity index is 2.11. The second kappa shape index (κ2) is 11.8. The second-order valence-corrected chi connectivity index (χ2v) is 5.80. The predicted octanol–water partition coefficient (Wildman–Crippen LogP) is 6.49. The van der Waals surface area contributed by atoms with Crippen LogP contribution in [0.25, 0.3) is 0 Å². The summed E-state index contributed by atoms with van der Waals surface area (Å²) in [5.41, 5.74) is 2.97. The first-order valence-electron chi connectivity index (χ1n) is 8.55. The first-order chi connectivity index (χ1) is 9.86. The van der Waals surface area contributed by atoms with E-state index >= 15 is 0 Å². The lowest BCUT2D eigenvalue weighted by Crippen LogP contribution is -1.89. The molecule has 0 amide bonds. The van der Waals surface area contributed by atoms with Crippen molar-refractivity contribution in [3.63, 3.8) is 0 Å². The van der Waals surface area contributed by atoms with E-state index < -0.39 is 0 Å². The molecule has 0 aromatic heterocycles. The molecule has 0 atom stereocenters. The van der Waals surface area contributed by atoms with Crippen molar-refractivity contribution < 1.29 is 0 Å². The van der Waals surface area contributed by atoms with E-state index in [9.17, 15) is 0 Å². The molecule has 0 saturated heterocycles. The molecule has 0 fully saturated rings. The van der Waals surface area contributed by atoms with Crippen LogP contribution in [0.5, 0.6) is 0 Å². The zero-order valence-corrected chi connectivity index (χ0v) is 13.5. The van der Waals surface area contributed by atoms with Crippen LogP contribution >= 0.6 is 0 Å². The zero-order valence-electron chi connectivity index (χ0n) is 13.5. The molecule has 0 unspecified atom stereocenters. The smallest absolute Gasteiger partial charge is 0.0244 e. The summed E-state index contributed by atoms with van der Waals surface area (Å²) < 4.78 is 0. The third-order valence-corrected chi connectivity index (χ3v) is 3.93. The molecule has 0 saturated carbocycles. The summed E-state index contributed by atoms with van der Waals surface area (Å²) in [7, 11) is 0. The molecule has 0 heteroatoms. The number of allylic oxidation sites excluding steroid dienone is 2. The lowest BCUT2D eigenvalue weighted by molar-refractivity contribution is 0.589. The monoisotopic (exact) mass is 272 g/mol. The minimum absolute atomic E-state index is 1.16. The molecule has 1 aromatic rings. The zero-order chi connectivity index (χ0) is 14.5. The molecule has 1 rings (SSSR count). The highest BCUT2D eigenvalue weighted by Crippen LogP contribution is 2.12. The number of benzene rings is 1. The fraction of sp³-hybridized carbons (Fsp3) is 0.600. The minimum atomic E-state index is 1.16. The van der Waals surface area contributed by atoms with Crippen molar-refractivity contribution in [1.29, 1.82) is 0 Å². The number of aryl methyl sites for hydroxylation is 2. The highest BCUT2D eigenvalue weighted by atomic mass is 14.0. The van der Waals surface area contributed by atoms with E-state index in [0.29, 0.717) is 0 Å². The molecule has 0 nitrogen and oxygen atoms in total. The third kappa shape index (κ3) is 8.19. The van der Waals surface area contributed by atoms with Gasteiger partial charge in [0.05, 0.1) is 0 Å². The Morgan fingerprint density at radius 1 is 0.750 bits per heavy atom. The molecule has 0 N–H and O–H groups in total. The normalized spacial score (nSPS) is 11.3. The van der Waals surface area contributed by atoms with Crippen LogP contribution in [0.4, 0.5) is 0 Å². The SMILES string of the molecule is C/C=C/CCc1ccc(CCCCCCCCC)cc1. The standard InChI is InChI=1S/C20H32/c1-3-5-7-8-9-10-12-14-20-17-15-19(16-18-20)13-11-6-4-2/h4,6,15-18H,3,5,7-14H2,1-2H3/b6-4+. The van der Waals surface area contributed by atoms with Gasteiger partial charge in [-0.05, 0) is 43.7 Å². The Kier molecular flexibility index (Phi) is 10.0. The van der Waals surface area contributed by atoms with Gasteiger partial charge < -0.3 is 0 Å². The van der Waals surface area contributed by atoms with Gasteiger partial charge in [-0.3, -0.25) is 0 Å². The summed E-state index contributed by atoms with van der Waals surface area (Å²) in [6.07, 6.45) is 17.7. The molecule has 112 valence electrons. The van der Waals surface area contributed by atoms with Gasteiger partial charge in [-0.2, -0.15) is 0 Å². The fourth-order valence-corrected chi connectivity index (χ4v) is 2.58. The van der Waals surface area contributed by atoms with Gasteiger partial charge in [-0.1, -0.05) is 81.9 Å². The average Bonchev–Trinajstić information content (AvgIpc) is 2.48. The van der Waals surface area contributed by atoms with Crippen molar-refractivity contribution >= 4 is 0 Å². The van der Waals surface area contributed by atoms with Crippen molar-refractivity contribution in [3.8, 4) is 0 Å². The second-order valence-electron chi connectivity index (χ2n) is 5.80. The summed E-state index contributed by atoms with van der Waals surface area (Å²) in [5.74, 6) is 0. The Hall–Kier alpha value is -1.04. The van der Waals surface area contributed by atoms with Crippen molar-refractivity contribution in [2.75, 3.05) is 0 Å². The van der Waals surface area contributed by atoms with Crippen molar-refractivity contribution in [2.24, 2.45) is 0 Å². The van der Waals surface area contributed by atoms with Crippen molar-refractivity contribution in [1.82, 2.24) is 0 Å². The van der Waals surface area contributed by atoms with Crippen LogP contribution in [-0.2, 0) is 12.8 Å². The summed E-state index contributed by atoms with van der Waals surface area (Å²) in [5, 5.41) is 0. The first kappa shape index (κ1) is 17.0. The quantitative estimate of drug-likeness (QED) is 0.319. The lowest BCUT2D eigenvalue weighted by Gasteiger charge is -2.04. The van der Waals surface area contributed by atoms with Crippen LogP contribution < -0.4 is 0 Å². The third-order valence-electron chi connectivity index (χ3n) is 3.93. The summed E-state index contributed by atoms with van der Waals surface area (Å²) in [4.78, 5) is 0. The van der Waals surface area contributed by atoms with Crippen molar-refractivity contribution in [2.45, 2.75) is 78.1 Å². The topological polar surface area (TPSA) is 0 Å². The average molecular weight is 272 g/mol. The van der Waals surface area contributed by atoms with Crippen molar-refractivity contribution in [3.05, 3.63) is 47.5 Å². The van der Waals surface area contributed by atoms with Crippen LogP contribution in [0.3, 0.4) is 0 Å². The Morgan fingerprint density at radius 3 is 1.90 bits per heavy atom. The minimum Gasteiger partial charge on any atom is -0.0917 e.